The standard InChI is InChI=1S/C20H11NO6/c22-17-13-5-1-3-10-4-2-6-14(16(10)13)18(23)21(17)15-9-11(19(24)25)7-8-12(15)20(26)27/h1-9H,(H,24,25)(H,26,27). The molecule has 7 heteroatoms. The molecule has 1 aliphatic rings. The van der Waals surface area contributed by atoms with Gasteiger partial charge in [-0.2, -0.15) is 0 Å². The van der Waals surface area contributed by atoms with Crippen molar-refractivity contribution in [1.29, 1.82) is 0 Å². The molecule has 7 nitrogen and oxygen atoms in total. The number of rotatable bonds is 3. The van der Waals surface area contributed by atoms with Crippen molar-refractivity contribution in [3.8, 4) is 0 Å². The summed E-state index contributed by atoms with van der Waals surface area (Å²) in [5.41, 5.74) is -0.343. The van der Waals surface area contributed by atoms with Crippen LogP contribution in [-0.4, -0.2) is 34.0 Å². The smallest absolute Gasteiger partial charge is 0.337 e. The Hall–Kier alpha value is -4.00. The molecule has 0 saturated heterocycles. The number of imide groups is 1. The first-order valence-electron chi connectivity index (χ1n) is 7.91. The Kier molecular flexibility index (Phi) is 3.52. The SMILES string of the molecule is O=C(O)c1ccc(C(=O)O)c(N2C(=O)c3cccc4cccc(c34)C2=O)c1. The molecule has 3 aromatic carbocycles. The van der Waals surface area contributed by atoms with Crippen molar-refractivity contribution in [3.63, 3.8) is 0 Å². The van der Waals surface area contributed by atoms with Crippen molar-refractivity contribution >= 4 is 40.2 Å². The number of carbonyl (C=O) groups excluding carboxylic acids is 2. The van der Waals surface area contributed by atoms with E-state index >= 15 is 0 Å². The molecule has 0 bridgehead atoms. The summed E-state index contributed by atoms with van der Waals surface area (Å²) in [5, 5.41) is 19.9. The average molecular weight is 361 g/mol. The molecule has 0 unspecified atom stereocenters. The second-order valence-corrected chi connectivity index (χ2v) is 6.00. The molecule has 132 valence electrons. The van der Waals surface area contributed by atoms with Gasteiger partial charge in [0.15, 0.2) is 0 Å². The van der Waals surface area contributed by atoms with Gasteiger partial charge in [0.2, 0.25) is 0 Å². The quantitative estimate of drug-likeness (QED) is 0.694. The summed E-state index contributed by atoms with van der Waals surface area (Å²) in [6, 6.07) is 13.2. The predicted molar refractivity (Wildman–Crippen MR) is 95.4 cm³/mol. The van der Waals surface area contributed by atoms with Crippen LogP contribution in [0.1, 0.15) is 41.4 Å². The lowest BCUT2D eigenvalue weighted by atomic mass is 9.93. The molecule has 2 N–H and O–H groups in total. The number of benzene rings is 3. The van der Waals surface area contributed by atoms with Gasteiger partial charge in [0.1, 0.15) is 0 Å². The van der Waals surface area contributed by atoms with Gasteiger partial charge in [-0.1, -0.05) is 24.3 Å². The van der Waals surface area contributed by atoms with Gasteiger partial charge >= 0.3 is 11.9 Å². The van der Waals surface area contributed by atoms with Gasteiger partial charge in [-0.05, 0) is 35.7 Å². The van der Waals surface area contributed by atoms with E-state index in [1.807, 2.05) is 0 Å². The van der Waals surface area contributed by atoms with E-state index < -0.39 is 23.8 Å². The zero-order chi connectivity index (χ0) is 19.3. The van der Waals surface area contributed by atoms with Crippen LogP contribution in [0.25, 0.3) is 10.8 Å². The van der Waals surface area contributed by atoms with Gasteiger partial charge in [-0.25, -0.2) is 14.5 Å². The van der Waals surface area contributed by atoms with E-state index in [1.54, 1.807) is 36.4 Å². The third-order valence-corrected chi connectivity index (χ3v) is 4.49. The fourth-order valence-electron chi connectivity index (χ4n) is 3.28. The number of carbonyl (C=O) groups is 4. The fourth-order valence-corrected chi connectivity index (χ4v) is 3.28. The molecule has 27 heavy (non-hydrogen) atoms. The highest BCUT2D eigenvalue weighted by Crippen LogP contribution is 2.34. The highest BCUT2D eigenvalue weighted by Gasteiger charge is 2.36. The first-order chi connectivity index (χ1) is 12.9. The number of anilines is 1. The van der Waals surface area contributed by atoms with Gasteiger partial charge in [-0.15, -0.1) is 0 Å². The lowest BCUT2D eigenvalue weighted by molar-refractivity contribution is 0.0681. The molecule has 4 rings (SSSR count). The molecular weight excluding hydrogens is 350 g/mol. The van der Waals surface area contributed by atoms with Gasteiger partial charge < -0.3 is 10.2 Å². The van der Waals surface area contributed by atoms with Gasteiger partial charge in [-0.3, -0.25) is 9.59 Å². The number of carboxylic acids is 2. The van der Waals surface area contributed by atoms with Crippen LogP contribution >= 0.6 is 0 Å². The molecular formula is C20H11NO6. The zero-order valence-electron chi connectivity index (χ0n) is 13.7. The second-order valence-electron chi connectivity index (χ2n) is 6.00. The van der Waals surface area contributed by atoms with E-state index in [4.69, 9.17) is 0 Å². The van der Waals surface area contributed by atoms with Crippen molar-refractivity contribution < 1.29 is 29.4 Å². The van der Waals surface area contributed by atoms with E-state index in [9.17, 15) is 29.4 Å². The van der Waals surface area contributed by atoms with E-state index in [0.717, 1.165) is 23.1 Å². The highest BCUT2D eigenvalue weighted by atomic mass is 16.4. The normalized spacial score (nSPS) is 13.1. The van der Waals surface area contributed by atoms with E-state index in [1.165, 1.54) is 0 Å². The van der Waals surface area contributed by atoms with Gasteiger partial charge in [0.05, 0.1) is 16.8 Å². The molecule has 0 saturated carbocycles. The van der Waals surface area contributed by atoms with Crippen molar-refractivity contribution in [2.24, 2.45) is 0 Å². The molecule has 0 aliphatic carbocycles. The summed E-state index contributed by atoms with van der Waals surface area (Å²) < 4.78 is 0. The number of carboxylic acid groups (broad SMARTS) is 2. The van der Waals surface area contributed by atoms with Crippen LogP contribution in [0.2, 0.25) is 0 Å². The Morgan fingerprint density at radius 1 is 0.778 bits per heavy atom. The number of nitrogens with zero attached hydrogens (tertiary/aromatic N) is 1. The van der Waals surface area contributed by atoms with Crippen molar-refractivity contribution in [2.75, 3.05) is 4.90 Å². The molecule has 0 spiro atoms. The van der Waals surface area contributed by atoms with Gasteiger partial charge in [0, 0.05) is 16.5 Å². The minimum Gasteiger partial charge on any atom is -0.478 e. The van der Waals surface area contributed by atoms with Crippen LogP contribution in [0.5, 0.6) is 0 Å². The zero-order valence-corrected chi connectivity index (χ0v) is 13.7. The van der Waals surface area contributed by atoms with Crippen LogP contribution in [0.15, 0.2) is 54.6 Å². The van der Waals surface area contributed by atoms with Crippen molar-refractivity contribution in [3.05, 3.63) is 76.9 Å². The third-order valence-electron chi connectivity index (χ3n) is 4.49. The fraction of sp³-hybridized carbons (Fsp3) is 0. The Morgan fingerprint density at radius 3 is 1.89 bits per heavy atom. The summed E-state index contributed by atoms with van der Waals surface area (Å²) in [6.07, 6.45) is 0. The molecule has 1 heterocycles. The first-order valence-corrected chi connectivity index (χ1v) is 7.91. The summed E-state index contributed by atoms with van der Waals surface area (Å²) in [6.45, 7) is 0. The maximum atomic E-state index is 13.0. The second kappa shape index (κ2) is 5.77. The minimum absolute atomic E-state index is 0.229. The Bertz CT molecular complexity index is 1130. The Labute approximate surface area is 152 Å². The number of amides is 2. The predicted octanol–water partition coefficient (Wildman–Crippen LogP) is 3.04. The highest BCUT2D eigenvalue weighted by molar-refractivity contribution is 6.36. The van der Waals surface area contributed by atoms with Crippen LogP contribution in [0.3, 0.4) is 0 Å². The monoisotopic (exact) mass is 361 g/mol. The maximum Gasteiger partial charge on any atom is 0.337 e. The molecule has 0 radical (unpaired) electrons. The number of hydrogen-bond acceptors (Lipinski definition) is 4. The lowest BCUT2D eigenvalue weighted by Crippen LogP contribution is -2.41. The van der Waals surface area contributed by atoms with Crippen molar-refractivity contribution in [1.82, 2.24) is 0 Å². The Balaban J connectivity index is 2.00. The number of hydrogen-bond donors (Lipinski definition) is 2. The molecule has 3 aromatic rings. The minimum atomic E-state index is -1.38. The third kappa shape index (κ3) is 2.36. The first kappa shape index (κ1) is 16.5. The molecule has 0 atom stereocenters. The summed E-state index contributed by atoms with van der Waals surface area (Å²) >= 11 is 0. The van der Waals surface area contributed by atoms with Crippen LogP contribution in [0, 0.1) is 0 Å². The summed E-state index contributed by atoms with van der Waals surface area (Å²) in [5.74, 6) is -4.07. The van der Waals surface area contributed by atoms with E-state index in [0.29, 0.717) is 10.8 Å². The largest absolute Gasteiger partial charge is 0.478 e. The summed E-state index contributed by atoms with van der Waals surface area (Å²) in [7, 11) is 0. The lowest BCUT2D eigenvalue weighted by Gasteiger charge is -2.28. The summed E-state index contributed by atoms with van der Waals surface area (Å²) in [4.78, 5) is 49.7. The van der Waals surface area contributed by atoms with Gasteiger partial charge in [0.25, 0.3) is 11.8 Å². The molecule has 1 aliphatic heterocycles. The van der Waals surface area contributed by atoms with E-state index in [2.05, 4.69) is 0 Å². The van der Waals surface area contributed by atoms with Crippen LogP contribution < -0.4 is 4.90 Å². The topological polar surface area (TPSA) is 112 Å². The van der Waals surface area contributed by atoms with Crippen LogP contribution in [0.4, 0.5) is 5.69 Å². The van der Waals surface area contributed by atoms with Crippen LogP contribution in [-0.2, 0) is 0 Å². The van der Waals surface area contributed by atoms with E-state index in [-0.39, 0.29) is 27.9 Å². The Morgan fingerprint density at radius 2 is 1.37 bits per heavy atom. The maximum absolute atomic E-state index is 13.0. The molecule has 0 aromatic heterocycles. The average Bonchev–Trinajstić information content (AvgIpc) is 2.65. The molecule has 2 amide bonds. The van der Waals surface area contributed by atoms with Crippen molar-refractivity contribution in [2.45, 2.75) is 0 Å². The number of aromatic carboxylic acids is 2. The molecule has 0 fully saturated rings.